The highest BCUT2D eigenvalue weighted by Crippen LogP contribution is 2.15. The minimum absolute atomic E-state index is 0.0197. The molecule has 1 aromatic rings. The van der Waals surface area contributed by atoms with Crippen molar-refractivity contribution in [1.29, 1.82) is 0 Å². The molecule has 18 heavy (non-hydrogen) atoms. The summed E-state index contributed by atoms with van der Waals surface area (Å²) in [6, 6.07) is 5.65. The van der Waals surface area contributed by atoms with E-state index in [2.05, 4.69) is 10.1 Å². The molecule has 0 aliphatic carbocycles. The quantitative estimate of drug-likeness (QED) is 0.776. The van der Waals surface area contributed by atoms with Gasteiger partial charge < -0.3 is 15.8 Å². The van der Waals surface area contributed by atoms with Gasteiger partial charge in [-0.3, -0.25) is 9.59 Å². The Balaban J connectivity index is 2.48. The number of hydrogen-bond donors (Lipinski definition) is 2. The Labute approximate surface area is 102 Å². The van der Waals surface area contributed by atoms with Crippen LogP contribution in [0.2, 0.25) is 0 Å². The fraction of sp³-hybridized carbons (Fsp3) is 0.273. The lowest BCUT2D eigenvalue weighted by molar-refractivity contribution is -0.124. The summed E-state index contributed by atoms with van der Waals surface area (Å²) >= 11 is 0. The molecule has 0 bridgehead atoms. The van der Waals surface area contributed by atoms with Crippen LogP contribution in [0.3, 0.4) is 0 Å². The summed E-state index contributed by atoms with van der Waals surface area (Å²) < 4.78 is 27.9. The van der Waals surface area contributed by atoms with E-state index in [1.165, 1.54) is 24.3 Å². The zero-order valence-corrected chi connectivity index (χ0v) is 9.36. The molecule has 2 amide bonds. The maximum Gasteiger partial charge on any atom is 0.387 e. The standard InChI is InChI=1S/C11H12F2N2O3/c12-11(13)18-8-3-1-7(2-4-8)5-10(17)15-6-9(14)16/h1-4,11H,5-6H2,(H2,14,16)(H,15,17). The van der Waals surface area contributed by atoms with Crippen LogP contribution in [0, 0.1) is 0 Å². The van der Waals surface area contributed by atoms with E-state index in [1.54, 1.807) is 0 Å². The summed E-state index contributed by atoms with van der Waals surface area (Å²) in [5, 5.41) is 2.31. The number of carbonyl (C=O) groups excluding carboxylic acids is 2. The second kappa shape index (κ2) is 6.53. The van der Waals surface area contributed by atoms with Gasteiger partial charge in [-0.2, -0.15) is 8.78 Å². The van der Waals surface area contributed by atoms with Crippen molar-refractivity contribution >= 4 is 11.8 Å². The molecule has 1 aromatic carbocycles. The molecule has 0 aliphatic heterocycles. The molecule has 7 heteroatoms. The van der Waals surface area contributed by atoms with Crippen molar-refractivity contribution in [3.05, 3.63) is 29.8 Å². The topological polar surface area (TPSA) is 81.4 Å². The lowest BCUT2D eigenvalue weighted by atomic mass is 10.1. The van der Waals surface area contributed by atoms with E-state index in [0.717, 1.165) is 0 Å². The van der Waals surface area contributed by atoms with Crippen LogP contribution < -0.4 is 15.8 Å². The van der Waals surface area contributed by atoms with E-state index in [4.69, 9.17) is 5.73 Å². The normalized spacial score (nSPS) is 10.2. The summed E-state index contributed by atoms with van der Waals surface area (Å²) in [7, 11) is 0. The number of amides is 2. The first-order valence-electron chi connectivity index (χ1n) is 5.06. The van der Waals surface area contributed by atoms with Gasteiger partial charge in [0.25, 0.3) is 0 Å². The second-order valence-corrected chi connectivity index (χ2v) is 3.44. The predicted molar refractivity (Wildman–Crippen MR) is 59.0 cm³/mol. The van der Waals surface area contributed by atoms with Crippen molar-refractivity contribution in [2.45, 2.75) is 13.0 Å². The van der Waals surface area contributed by atoms with E-state index in [9.17, 15) is 18.4 Å². The van der Waals surface area contributed by atoms with Crippen molar-refractivity contribution in [3.8, 4) is 5.75 Å². The fourth-order valence-electron chi connectivity index (χ4n) is 1.22. The number of alkyl halides is 2. The molecule has 98 valence electrons. The highest BCUT2D eigenvalue weighted by Gasteiger charge is 2.06. The number of nitrogens with one attached hydrogen (secondary N) is 1. The van der Waals surface area contributed by atoms with E-state index >= 15 is 0 Å². The van der Waals surface area contributed by atoms with Crippen LogP contribution in [0.25, 0.3) is 0 Å². The molecule has 0 saturated heterocycles. The van der Waals surface area contributed by atoms with Crippen LogP contribution in [-0.2, 0) is 16.0 Å². The molecule has 1 rings (SSSR count). The van der Waals surface area contributed by atoms with E-state index in [0.29, 0.717) is 5.56 Å². The molecule has 0 saturated carbocycles. The van der Waals surface area contributed by atoms with Crippen LogP contribution in [0.5, 0.6) is 5.75 Å². The molecule has 0 heterocycles. The van der Waals surface area contributed by atoms with Gasteiger partial charge in [0.15, 0.2) is 0 Å². The smallest absolute Gasteiger partial charge is 0.387 e. The minimum Gasteiger partial charge on any atom is -0.435 e. The molecular formula is C11H12F2N2O3. The van der Waals surface area contributed by atoms with Crippen molar-refractivity contribution in [1.82, 2.24) is 5.32 Å². The molecule has 0 atom stereocenters. The molecule has 0 radical (unpaired) electrons. The van der Waals surface area contributed by atoms with E-state index < -0.39 is 12.5 Å². The van der Waals surface area contributed by atoms with Gasteiger partial charge >= 0.3 is 6.61 Å². The predicted octanol–water partition coefficient (Wildman–Crippen LogP) is 0.432. The summed E-state index contributed by atoms with van der Waals surface area (Å²) in [6.45, 7) is -3.11. The van der Waals surface area contributed by atoms with Gasteiger partial charge in [0.05, 0.1) is 13.0 Å². The van der Waals surface area contributed by atoms with Gasteiger partial charge in [-0.1, -0.05) is 12.1 Å². The number of carbonyl (C=O) groups is 2. The van der Waals surface area contributed by atoms with Gasteiger partial charge in [0.1, 0.15) is 5.75 Å². The molecule has 0 unspecified atom stereocenters. The van der Waals surface area contributed by atoms with Gasteiger partial charge in [0, 0.05) is 0 Å². The molecule has 5 nitrogen and oxygen atoms in total. The molecular weight excluding hydrogens is 246 g/mol. The molecule has 0 aliphatic rings. The first-order valence-corrected chi connectivity index (χ1v) is 5.06. The molecule has 0 spiro atoms. The number of halogens is 2. The van der Waals surface area contributed by atoms with E-state index in [1.807, 2.05) is 0 Å². The maximum absolute atomic E-state index is 11.9. The zero-order chi connectivity index (χ0) is 13.5. The van der Waals surface area contributed by atoms with Crippen molar-refractivity contribution in [3.63, 3.8) is 0 Å². The average Bonchev–Trinajstić information content (AvgIpc) is 2.28. The summed E-state index contributed by atoms with van der Waals surface area (Å²) in [4.78, 5) is 21.7. The lowest BCUT2D eigenvalue weighted by Crippen LogP contribution is -2.34. The van der Waals surface area contributed by atoms with Crippen LogP contribution >= 0.6 is 0 Å². The monoisotopic (exact) mass is 258 g/mol. The number of rotatable bonds is 6. The van der Waals surface area contributed by atoms with Crippen LogP contribution in [0.15, 0.2) is 24.3 Å². The molecule has 3 N–H and O–H groups in total. The van der Waals surface area contributed by atoms with Gasteiger partial charge in [-0.05, 0) is 17.7 Å². The van der Waals surface area contributed by atoms with Crippen molar-refractivity contribution < 1.29 is 23.1 Å². The zero-order valence-electron chi connectivity index (χ0n) is 9.36. The lowest BCUT2D eigenvalue weighted by Gasteiger charge is -2.06. The Bertz CT molecular complexity index is 421. The number of benzene rings is 1. The third-order valence-corrected chi connectivity index (χ3v) is 1.97. The third kappa shape index (κ3) is 5.24. The second-order valence-electron chi connectivity index (χ2n) is 3.44. The Kier molecular flexibility index (Phi) is 5.04. The summed E-state index contributed by atoms with van der Waals surface area (Å²) in [5.74, 6) is -0.994. The van der Waals surface area contributed by atoms with E-state index in [-0.39, 0.29) is 24.6 Å². The first-order chi connectivity index (χ1) is 8.47. The van der Waals surface area contributed by atoms with Crippen molar-refractivity contribution in [2.75, 3.05) is 6.54 Å². The van der Waals surface area contributed by atoms with Crippen molar-refractivity contribution in [2.24, 2.45) is 5.73 Å². The number of ether oxygens (including phenoxy) is 1. The summed E-state index contributed by atoms with van der Waals surface area (Å²) in [5.41, 5.74) is 5.47. The fourth-order valence-corrected chi connectivity index (χ4v) is 1.22. The van der Waals surface area contributed by atoms with Crippen LogP contribution in [0.1, 0.15) is 5.56 Å². The minimum atomic E-state index is -2.88. The SMILES string of the molecule is NC(=O)CNC(=O)Cc1ccc(OC(F)F)cc1. The van der Waals surface area contributed by atoms with Crippen LogP contribution in [0.4, 0.5) is 8.78 Å². The Hall–Kier alpha value is -2.18. The van der Waals surface area contributed by atoms with Gasteiger partial charge in [-0.25, -0.2) is 0 Å². The average molecular weight is 258 g/mol. The van der Waals surface area contributed by atoms with Gasteiger partial charge in [-0.15, -0.1) is 0 Å². The molecule has 0 fully saturated rings. The van der Waals surface area contributed by atoms with Crippen LogP contribution in [-0.4, -0.2) is 25.0 Å². The number of primary amides is 1. The summed E-state index contributed by atoms with van der Waals surface area (Å²) in [6.07, 6.45) is 0.0300. The number of hydrogen-bond acceptors (Lipinski definition) is 3. The Morgan fingerprint density at radius 1 is 1.28 bits per heavy atom. The highest BCUT2D eigenvalue weighted by molar-refractivity contribution is 5.84. The number of nitrogens with two attached hydrogens (primary N) is 1. The largest absolute Gasteiger partial charge is 0.435 e. The molecule has 0 aromatic heterocycles. The first kappa shape index (κ1) is 13.9. The third-order valence-electron chi connectivity index (χ3n) is 1.97. The Morgan fingerprint density at radius 3 is 2.39 bits per heavy atom. The highest BCUT2D eigenvalue weighted by atomic mass is 19.3. The maximum atomic E-state index is 11.9. The van der Waals surface area contributed by atoms with Gasteiger partial charge in [0.2, 0.25) is 11.8 Å². The Morgan fingerprint density at radius 2 is 1.89 bits per heavy atom.